The summed E-state index contributed by atoms with van der Waals surface area (Å²) in [6, 6.07) is 18.6. The lowest BCUT2D eigenvalue weighted by molar-refractivity contribution is -0.120. The minimum atomic E-state index is -1.14. The molecule has 3 unspecified atom stereocenters. The molecule has 20 heavy (non-hydrogen) atoms. The first-order valence-corrected chi connectivity index (χ1v) is 6.47. The van der Waals surface area contributed by atoms with Gasteiger partial charge in [0.05, 0.1) is 11.8 Å². The third-order valence-electron chi connectivity index (χ3n) is 3.43. The third kappa shape index (κ3) is 2.31. The Labute approximate surface area is 116 Å². The van der Waals surface area contributed by atoms with Crippen LogP contribution in [0.1, 0.15) is 17.2 Å². The average Bonchev–Trinajstić information content (AvgIpc) is 2.90. The Hall–Kier alpha value is -2.17. The summed E-state index contributed by atoms with van der Waals surface area (Å²) in [7, 11) is 0. The Bertz CT molecular complexity index is 598. The molecule has 0 aromatic heterocycles. The van der Waals surface area contributed by atoms with E-state index in [0.29, 0.717) is 5.71 Å². The summed E-state index contributed by atoms with van der Waals surface area (Å²) in [5, 5.41) is 24.4. The molecule has 102 valence electrons. The Morgan fingerprint density at radius 3 is 2.20 bits per heavy atom. The zero-order chi connectivity index (χ0) is 13.9. The van der Waals surface area contributed by atoms with Gasteiger partial charge in [0.15, 0.2) is 0 Å². The van der Waals surface area contributed by atoms with Crippen molar-refractivity contribution in [2.24, 2.45) is 11.1 Å². The molecule has 0 bridgehead atoms. The summed E-state index contributed by atoms with van der Waals surface area (Å²) >= 11 is 0. The van der Waals surface area contributed by atoms with Crippen LogP contribution < -0.4 is 0 Å². The number of nitrogens with zero attached hydrogens (tertiary/aromatic N) is 1. The third-order valence-corrected chi connectivity index (χ3v) is 3.43. The predicted octanol–water partition coefficient (Wildman–Crippen LogP) is 2.09. The van der Waals surface area contributed by atoms with Gasteiger partial charge in [-0.05, 0) is 11.1 Å². The maximum absolute atomic E-state index is 10.5. The van der Waals surface area contributed by atoms with E-state index in [9.17, 15) is 10.2 Å². The van der Waals surface area contributed by atoms with E-state index in [2.05, 4.69) is 5.16 Å². The van der Waals surface area contributed by atoms with Crippen molar-refractivity contribution in [1.29, 1.82) is 0 Å². The second-order valence-corrected chi connectivity index (χ2v) is 4.72. The van der Waals surface area contributed by atoms with Gasteiger partial charge in [-0.15, -0.1) is 0 Å². The van der Waals surface area contributed by atoms with E-state index >= 15 is 0 Å². The largest absolute Gasteiger partial charge is 0.387 e. The zero-order valence-corrected chi connectivity index (χ0v) is 10.8. The summed E-state index contributed by atoms with van der Waals surface area (Å²) in [5.41, 5.74) is 2.13. The molecule has 3 atom stereocenters. The van der Waals surface area contributed by atoms with Gasteiger partial charge in [0, 0.05) is 0 Å². The van der Waals surface area contributed by atoms with Crippen LogP contribution in [0.5, 0.6) is 0 Å². The Morgan fingerprint density at radius 1 is 0.950 bits per heavy atom. The smallest absolute Gasteiger partial charge is 0.235 e. The highest BCUT2D eigenvalue weighted by molar-refractivity contribution is 6.03. The number of aliphatic hydroxyl groups excluding tert-OH is 2. The first kappa shape index (κ1) is 12.8. The fourth-order valence-corrected chi connectivity index (χ4v) is 2.39. The van der Waals surface area contributed by atoms with Gasteiger partial charge < -0.3 is 15.1 Å². The average molecular weight is 269 g/mol. The molecule has 2 N–H and O–H groups in total. The molecule has 4 heteroatoms. The van der Waals surface area contributed by atoms with E-state index in [1.54, 1.807) is 0 Å². The highest BCUT2D eigenvalue weighted by atomic mass is 16.7. The van der Waals surface area contributed by atoms with Crippen molar-refractivity contribution in [1.82, 2.24) is 0 Å². The molecule has 0 radical (unpaired) electrons. The molecule has 4 nitrogen and oxygen atoms in total. The Balaban J connectivity index is 1.93. The normalized spacial score (nSPS) is 23.0. The van der Waals surface area contributed by atoms with Crippen molar-refractivity contribution in [3.8, 4) is 0 Å². The number of hydrogen-bond acceptors (Lipinski definition) is 4. The van der Waals surface area contributed by atoms with Gasteiger partial charge in [-0.1, -0.05) is 65.8 Å². The molecule has 2 aromatic carbocycles. The van der Waals surface area contributed by atoms with Gasteiger partial charge in [0.25, 0.3) is 0 Å². The molecule has 1 heterocycles. The van der Waals surface area contributed by atoms with Crippen molar-refractivity contribution in [3.05, 3.63) is 71.8 Å². The standard InChI is InChI=1S/C16H15NO3/c18-15(12-9-5-2-6-10-12)13-14(17-20-16(13)19)11-7-3-1-4-8-11/h1-10,13,15-16,18-19H. The zero-order valence-electron chi connectivity index (χ0n) is 10.8. The highest BCUT2D eigenvalue weighted by Gasteiger charge is 2.39. The van der Waals surface area contributed by atoms with Crippen LogP contribution in [0.15, 0.2) is 65.8 Å². The van der Waals surface area contributed by atoms with E-state index in [4.69, 9.17) is 4.84 Å². The van der Waals surface area contributed by atoms with E-state index in [1.807, 2.05) is 60.7 Å². The summed E-state index contributed by atoms with van der Waals surface area (Å²) in [5.74, 6) is -0.597. The van der Waals surface area contributed by atoms with E-state index in [-0.39, 0.29) is 0 Å². The molecule has 1 aliphatic rings. The van der Waals surface area contributed by atoms with Gasteiger partial charge in [-0.2, -0.15) is 0 Å². The van der Waals surface area contributed by atoms with Gasteiger partial charge in [-0.3, -0.25) is 0 Å². The van der Waals surface area contributed by atoms with Gasteiger partial charge in [0.1, 0.15) is 5.92 Å². The van der Waals surface area contributed by atoms with Crippen molar-refractivity contribution >= 4 is 5.71 Å². The van der Waals surface area contributed by atoms with Crippen LogP contribution in [-0.2, 0) is 4.84 Å². The number of rotatable bonds is 3. The fourth-order valence-electron chi connectivity index (χ4n) is 2.39. The lowest BCUT2D eigenvalue weighted by atomic mass is 9.88. The lowest BCUT2D eigenvalue weighted by Gasteiger charge is -2.21. The van der Waals surface area contributed by atoms with Crippen molar-refractivity contribution in [2.45, 2.75) is 12.4 Å². The molecule has 2 aromatic rings. The van der Waals surface area contributed by atoms with Gasteiger partial charge in [-0.25, -0.2) is 0 Å². The van der Waals surface area contributed by atoms with Crippen LogP contribution in [0, 0.1) is 5.92 Å². The summed E-state index contributed by atoms with van der Waals surface area (Å²) < 4.78 is 0. The second kappa shape index (κ2) is 5.45. The first-order chi connectivity index (χ1) is 9.77. The summed E-state index contributed by atoms with van der Waals surface area (Å²) in [6.07, 6.45) is -2.01. The highest BCUT2D eigenvalue weighted by Crippen LogP contribution is 2.32. The second-order valence-electron chi connectivity index (χ2n) is 4.72. The van der Waals surface area contributed by atoms with Crippen LogP contribution in [0.3, 0.4) is 0 Å². The molecule has 1 aliphatic heterocycles. The molecule has 0 saturated heterocycles. The first-order valence-electron chi connectivity index (χ1n) is 6.47. The summed E-state index contributed by atoms with van der Waals surface area (Å²) in [6.45, 7) is 0. The maximum atomic E-state index is 10.5. The molecule has 0 fully saturated rings. The van der Waals surface area contributed by atoms with E-state index < -0.39 is 18.3 Å². The predicted molar refractivity (Wildman–Crippen MR) is 75.0 cm³/mol. The minimum absolute atomic E-state index is 0.564. The molecular weight excluding hydrogens is 254 g/mol. The van der Waals surface area contributed by atoms with Crippen LogP contribution in [-0.4, -0.2) is 22.2 Å². The van der Waals surface area contributed by atoms with Crippen LogP contribution in [0.25, 0.3) is 0 Å². The molecule has 0 saturated carbocycles. The number of aliphatic hydroxyl groups is 2. The fraction of sp³-hybridized carbons (Fsp3) is 0.188. The summed E-state index contributed by atoms with van der Waals surface area (Å²) in [4.78, 5) is 4.96. The maximum Gasteiger partial charge on any atom is 0.235 e. The van der Waals surface area contributed by atoms with Crippen molar-refractivity contribution in [3.63, 3.8) is 0 Å². The van der Waals surface area contributed by atoms with E-state index in [0.717, 1.165) is 11.1 Å². The Morgan fingerprint density at radius 2 is 1.55 bits per heavy atom. The van der Waals surface area contributed by atoms with Gasteiger partial charge >= 0.3 is 0 Å². The number of benzene rings is 2. The van der Waals surface area contributed by atoms with Crippen LogP contribution >= 0.6 is 0 Å². The molecule has 0 spiro atoms. The Kier molecular flexibility index (Phi) is 3.50. The van der Waals surface area contributed by atoms with Crippen molar-refractivity contribution in [2.75, 3.05) is 0 Å². The monoisotopic (exact) mass is 269 g/mol. The molecule has 0 amide bonds. The number of hydrogen-bond donors (Lipinski definition) is 2. The lowest BCUT2D eigenvalue weighted by Crippen LogP contribution is -2.30. The van der Waals surface area contributed by atoms with E-state index in [1.165, 1.54) is 0 Å². The molecule has 3 rings (SSSR count). The number of oxime groups is 1. The molecule has 0 aliphatic carbocycles. The SMILES string of the molecule is OC1ON=C(c2ccccc2)C1C(O)c1ccccc1. The topological polar surface area (TPSA) is 62.0 Å². The molecular formula is C16H15NO3. The van der Waals surface area contributed by atoms with Crippen LogP contribution in [0.2, 0.25) is 0 Å². The van der Waals surface area contributed by atoms with Gasteiger partial charge in [0.2, 0.25) is 6.29 Å². The minimum Gasteiger partial charge on any atom is -0.387 e. The van der Waals surface area contributed by atoms with Crippen LogP contribution in [0.4, 0.5) is 0 Å². The van der Waals surface area contributed by atoms with Crippen molar-refractivity contribution < 1.29 is 15.1 Å². The quantitative estimate of drug-likeness (QED) is 0.897.